The molecule has 0 aliphatic heterocycles. The highest BCUT2D eigenvalue weighted by molar-refractivity contribution is 5.92. The van der Waals surface area contributed by atoms with Gasteiger partial charge in [0.2, 0.25) is 0 Å². The van der Waals surface area contributed by atoms with Crippen molar-refractivity contribution in [3.63, 3.8) is 0 Å². The van der Waals surface area contributed by atoms with Gasteiger partial charge < -0.3 is 0 Å². The van der Waals surface area contributed by atoms with Crippen LogP contribution in [0.5, 0.6) is 0 Å². The largest absolute Gasteiger partial charge is 0.291 e. The highest BCUT2D eigenvalue weighted by Crippen LogP contribution is 1.94. The Labute approximate surface area is 104 Å². The van der Waals surface area contributed by atoms with Crippen molar-refractivity contribution in [3.05, 3.63) is 42.2 Å². The molecule has 2 aromatic rings. The number of carbonyl (C=O) groups excluding carboxylic acids is 1. The third-order valence-electron chi connectivity index (χ3n) is 2.21. The molecular formula is C11H12N6O. The van der Waals surface area contributed by atoms with Crippen molar-refractivity contribution >= 4 is 12.1 Å². The average molecular weight is 244 g/mol. The van der Waals surface area contributed by atoms with Crippen LogP contribution in [-0.4, -0.2) is 31.9 Å². The fraction of sp³-hybridized carbons (Fsp3) is 0.182. The van der Waals surface area contributed by atoms with Crippen molar-refractivity contribution in [1.82, 2.24) is 25.2 Å². The summed E-state index contributed by atoms with van der Waals surface area (Å²) < 4.78 is 1.76. The predicted molar refractivity (Wildman–Crippen MR) is 65.0 cm³/mol. The number of hydrogen-bond donors (Lipinski definition) is 1. The van der Waals surface area contributed by atoms with Gasteiger partial charge in [0.05, 0.1) is 18.1 Å². The third-order valence-corrected chi connectivity index (χ3v) is 2.21. The van der Waals surface area contributed by atoms with Crippen LogP contribution >= 0.6 is 0 Å². The minimum Gasteiger partial charge on any atom is -0.265 e. The molecule has 0 radical (unpaired) electrons. The van der Waals surface area contributed by atoms with Crippen molar-refractivity contribution in [2.75, 3.05) is 0 Å². The Morgan fingerprint density at radius 2 is 2.39 bits per heavy atom. The van der Waals surface area contributed by atoms with E-state index < -0.39 is 5.91 Å². The summed E-state index contributed by atoms with van der Waals surface area (Å²) >= 11 is 0. The van der Waals surface area contributed by atoms with Crippen molar-refractivity contribution in [2.45, 2.75) is 13.5 Å². The first-order valence-corrected chi connectivity index (χ1v) is 5.42. The van der Waals surface area contributed by atoms with Crippen LogP contribution < -0.4 is 5.43 Å². The zero-order valence-corrected chi connectivity index (χ0v) is 9.82. The SMILES string of the molecule is CCn1nccc1C=NNC(=O)c1cnccn1. The quantitative estimate of drug-likeness (QED) is 0.625. The normalized spacial score (nSPS) is 10.7. The Bertz CT molecular complexity index is 548. The summed E-state index contributed by atoms with van der Waals surface area (Å²) in [4.78, 5) is 19.2. The van der Waals surface area contributed by atoms with Gasteiger partial charge >= 0.3 is 0 Å². The first-order chi connectivity index (χ1) is 8.81. The second kappa shape index (κ2) is 5.67. The molecule has 0 saturated carbocycles. The van der Waals surface area contributed by atoms with Gasteiger partial charge in [0.1, 0.15) is 5.69 Å². The van der Waals surface area contributed by atoms with Gasteiger partial charge in [-0.25, -0.2) is 10.4 Å². The van der Waals surface area contributed by atoms with Gasteiger partial charge in [-0.3, -0.25) is 14.5 Å². The summed E-state index contributed by atoms with van der Waals surface area (Å²) in [5, 5.41) is 7.93. The number of carbonyl (C=O) groups is 1. The van der Waals surface area contributed by atoms with Crippen molar-refractivity contribution < 1.29 is 4.79 Å². The molecule has 18 heavy (non-hydrogen) atoms. The molecule has 0 unspecified atom stereocenters. The smallest absolute Gasteiger partial charge is 0.265 e. The van der Waals surface area contributed by atoms with E-state index >= 15 is 0 Å². The fourth-order valence-corrected chi connectivity index (χ4v) is 1.35. The average Bonchev–Trinajstić information content (AvgIpc) is 2.87. The van der Waals surface area contributed by atoms with E-state index in [0.717, 1.165) is 12.2 Å². The lowest BCUT2D eigenvalue weighted by molar-refractivity contribution is 0.0949. The lowest BCUT2D eigenvalue weighted by Gasteiger charge is -1.99. The Morgan fingerprint density at radius 3 is 3.11 bits per heavy atom. The number of rotatable bonds is 4. The van der Waals surface area contributed by atoms with Crippen LogP contribution in [0.25, 0.3) is 0 Å². The molecule has 0 aliphatic carbocycles. The van der Waals surface area contributed by atoms with Gasteiger partial charge in [0.25, 0.3) is 5.91 Å². The number of hydrazone groups is 1. The fourth-order valence-electron chi connectivity index (χ4n) is 1.35. The molecule has 0 fully saturated rings. The lowest BCUT2D eigenvalue weighted by Crippen LogP contribution is -2.19. The summed E-state index contributed by atoms with van der Waals surface area (Å²) in [6.07, 6.45) is 7.53. The molecule has 0 saturated heterocycles. The van der Waals surface area contributed by atoms with Crippen LogP contribution in [0.3, 0.4) is 0 Å². The Hall–Kier alpha value is -2.57. The summed E-state index contributed by atoms with van der Waals surface area (Å²) in [6.45, 7) is 2.72. The third kappa shape index (κ3) is 2.76. The van der Waals surface area contributed by atoms with Gasteiger partial charge in [-0.15, -0.1) is 0 Å². The van der Waals surface area contributed by atoms with E-state index in [1.807, 2.05) is 13.0 Å². The number of aromatic nitrogens is 4. The van der Waals surface area contributed by atoms with Crippen molar-refractivity contribution in [3.8, 4) is 0 Å². The molecule has 0 atom stereocenters. The zero-order valence-electron chi connectivity index (χ0n) is 9.82. The number of amides is 1. The molecule has 7 heteroatoms. The number of aryl methyl sites for hydroxylation is 1. The minimum atomic E-state index is -0.401. The minimum absolute atomic E-state index is 0.221. The summed E-state index contributed by atoms with van der Waals surface area (Å²) in [5.41, 5.74) is 3.41. The standard InChI is InChI=1S/C11H12N6O/c1-2-17-9(3-4-15-17)7-14-16-11(18)10-8-12-5-6-13-10/h3-8H,2H2,1H3,(H,16,18). The van der Waals surface area contributed by atoms with Crippen molar-refractivity contribution in [1.29, 1.82) is 0 Å². The van der Waals surface area contributed by atoms with Gasteiger partial charge in [-0.05, 0) is 13.0 Å². The molecule has 2 rings (SSSR count). The Kier molecular flexibility index (Phi) is 3.75. The Balaban J connectivity index is 1.98. The molecule has 1 amide bonds. The molecule has 0 aliphatic rings. The maximum absolute atomic E-state index is 11.6. The van der Waals surface area contributed by atoms with E-state index in [9.17, 15) is 4.79 Å². The predicted octanol–water partition coefficient (Wildman–Crippen LogP) is 0.457. The van der Waals surface area contributed by atoms with Gasteiger partial charge in [-0.1, -0.05) is 0 Å². The molecule has 2 aromatic heterocycles. The molecule has 0 aromatic carbocycles. The van der Waals surface area contributed by atoms with Gasteiger partial charge in [0, 0.05) is 25.1 Å². The molecular weight excluding hydrogens is 232 g/mol. The van der Waals surface area contributed by atoms with E-state index in [-0.39, 0.29) is 5.69 Å². The van der Waals surface area contributed by atoms with Crippen molar-refractivity contribution in [2.24, 2.45) is 5.10 Å². The van der Waals surface area contributed by atoms with Crippen LogP contribution in [0.2, 0.25) is 0 Å². The van der Waals surface area contributed by atoms with E-state index in [1.54, 1.807) is 10.9 Å². The topological polar surface area (TPSA) is 85.1 Å². The zero-order chi connectivity index (χ0) is 12.8. The molecule has 0 bridgehead atoms. The second-order valence-corrected chi connectivity index (χ2v) is 3.36. The first kappa shape index (κ1) is 11.9. The summed E-state index contributed by atoms with van der Waals surface area (Å²) in [6, 6.07) is 1.81. The van der Waals surface area contributed by atoms with E-state index in [2.05, 4.69) is 25.6 Å². The lowest BCUT2D eigenvalue weighted by atomic mass is 10.4. The molecule has 0 spiro atoms. The van der Waals surface area contributed by atoms with Gasteiger partial charge in [-0.2, -0.15) is 10.2 Å². The molecule has 92 valence electrons. The summed E-state index contributed by atoms with van der Waals surface area (Å²) in [7, 11) is 0. The molecule has 2 heterocycles. The number of hydrogen-bond acceptors (Lipinski definition) is 5. The van der Waals surface area contributed by atoms with E-state index in [0.29, 0.717) is 0 Å². The van der Waals surface area contributed by atoms with Crippen LogP contribution in [-0.2, 0) is 6.54 Å². The van der Waals surface area contributed by atoms with Crippen LogP contribution in [0.4, 0.5) is 0 Å². The number of nitrogens with one attached hydrogen (secondary N) is 1. The first-order valence-electron chi connectivity index (χ1n) is 5.42. The monoisotopic (exact) mass is 244 g/mol. The highest BCUT2D eigenvalue weighted by atomic mass is 16.2. The van der Waals surface area contributed by atoms with Crippen LogP contribution in [0.15, 0.2) is 36.0 Å². The maximum Gasteiger partial charge on any atom is 0.291 e. The van der Waals surface area contributed by atoms with Gasteiger partial charge in [0.15, 0.2) is 0 Å². The van der Waals surface area contributed by atoms with Crippen LogP contribution in [0, 0.1) is 0 Å². The van der Waals surface area contributed by atoms with E-state index in [4.69, 9.17) is 0 Å². The molecule has 7 nitrogen and oxygen atoms in total. The Morgan fingerprint density at radius 1 is 1.50 bits per heavy atom. The molecule has 1 N–H and O–H groups in total. The second-order valence-electron chi connectivity index (χ2n) is 3.36. The van der Waals surface area contributed by atoms with E-state index in [1.165, 1.54) is 24.8 Å². The summed E-state index contributed by atoms with van der Waals surface area (Å²) in [5.74, 6) is -0.401. The van der Waals surface area contributed by atoms with Crippen LogP contribution in [0.1, 0.15) is 23.1 Å². The highest BCUT2D eigenvalue weighted by Gasteiger charge is 2.04. The maximum atomic E-state index is 11.6. The number of nitrogens with zero attached hydrogens (tertiary/aromatic N) is 5.